The summed E-state index contributed by atoms with van der Waals surface area (Å²) in [6.07, 6.45) is 2.90. The SMILES string of the molecule is CC1=C(C(=O)OC(C)C)[C@@H](c2ccncc2)c2c(n(C)c(=O)n(C)c2=O)N1. The quantitative estimate of drug-likeness (QED) is 0.818. The Balaban J connectivity index is 2.35. The average molecular weight is 370 g/mol. The number of carbonyl (C=O) groups excluding carboxylic acids is 1. The number of aromatic nitrogens is 3. The first-order chi connectivity index (χ1) is 12.7. The van der Waals surface area contributed by atoms with Gasteiger partial charge in [0.15, 0.2) is 0 Å². The lowest BCUT2D eigenvalue weighted by atomic mass is 9.82. The molecule has 27 heavy (non-hydrogen) atoms. The van der Waals surface area contributed by atoms with Gasteiger partial charge < -0.3 is 10.1 Å². The van der Waals surface area contributed by atoms with Crippen molar-refractivity contribution in [2.45, 2.75) is 32.8 Å². The molecule has 142 valence electrons. The van der Waals surface area contributed by atoms with Gasteiger partial charge in [0.25, 0.3) is 5.56 Å². The lowest BCUT2D eigenvalue weighted by Crippen LogP contribution is -2.43. The lowest BCUT2D eigenvalue weighted by Gasteiger charge is -2.31. The Bertz CT molecular complexity index is 1050. The van der Waals surface area contributed by atoms with Gasteiger partial charge in [-0.25, -0.2) is 9.59 Å². The van der Waals surface area contributed by atoms with Crippen LogP contribution in [0.25, 0.3) is 0 Å². The third kappa shape index (κ3) is 3.07. The molecule has 0 saturated carbocycles. The summed E-state index contributed by atoms with van der Waals surface area (Å²) in [7, 11) is 3.01. The Morgan fingerprint density at radius 3 is 2.41 bits per heavy atom. The van der Waals surface area contributed by atoms with Crippen LogP contribution < -0.4 is 16.6 Å². The zero-order chi connectivity index (χ0) is 19.9. The number of anilines is 1. The molecule has 3 heterocycles. The van der Waals surface area contributed by atoms with Gasteiger partial charge in [0.2, 0.25) is 0 Å². The molecule has 2 aromatic heterocycles. The highest BCUT2D eigenvalue weighted by Gasteiger charge is 2.37. The molecule has 0 aliphatic carbocycles. The first-order valence-corrected chi connectivity index (χ1v) is 8.62. The highest BCUT2D eigenvalue weighted by Crippen LogP contribution is 2.39. The summed E-state index contributed by atoms with van der Waals surface area (Å²) < 4.78 is 7.84. The molecule has 0 saturated heterocycles. The van der Waals surface area contributed by atoms with E-state index in [0.717, 1.165) is 10.1 Å². The van der Waals surface area contributed by atoms with Gasteiger partial charge in [-0.3, -0.25) is 18.9 Å². The highest BCUT2D eigenvalue weighted by atomic mass is 16.5. The molecule has 1 aliphatic heterocycles. The van der Waals surface area contributed by atoms with Crippen molar-refractivity contribution in [2.75, 3.05) is 5.32 Å². The zero-order valence-corrected chi connectivity index (χ0v) is 15.9. The van der Waals surface area contributed by atoms with Crippen LogP contribution in [0.15, 0.2) is 45.4 Å². The molecule has 0 amide bonds. The van der Waals surface area contributed by atoms with Gasteiger partial charge in [0, 0.05) is 32.2 Å². The van der Waals surface area contributed by atoms with E-state index in [9.17, 15) is 14.4 Å². The maximum Gasteiger partial charge on any atom is 0.337 e. The summed E-state index contributed by atoms with van der Waals surface area (Å²) in [5.74, 6) is -0.789. The Kier molecular flexibility index (Phi) is 4.73. The van der Waals surface area contributed by atoms with Crippen LogP contribution in [0, 0.1) is 0 Å². The standard InChI is InChI=1S/C19H22N4O4/c1-10(2)27-18(25)13-11(3)21-16-15(14(13)12-6-8-20-9-7-12)17(24)23(5)19(26)22(16)4/h6-10,14,21H,1-5H3/t14-/m1/s1. The summed E-state index contributed by atoms with van der Waals surface area (Å²) in [5.41, 5.74) is 1.03. The molecular weight excluding hydrogens is 348 g/mol. The number of esters is 1. The van der Waals surface area contributed by atoms with E-state index in [4.69, 9.17) is 4.74 Å². The van der Waals surface area contributed by atoms with Crippen molar-refractivity contribution >= 4 is 11.8 Å². The minimum Gasteiger partial charge on any atom is -0.460 e. The van der Waals surface area contributed by atoms with Crippen LogP contribution >= 0.6 is 0 Å². The highest BCUT2D eigenvalue weighted by molar-refractivity contribution is 5.94. The van der Waals surface area contributed by atoms with E-state index < -0.39 is 23.1 Å². The van der Waals surface area contributed by atoms with Crippen LogP contribution in [0.3, 0.4) is 0 Å². The molecular formula is C19H22N4O4. The molecule has 0 fully saturated rings. The number of hydrogen-bond acceptors (Lipinski definition) is 6. The van der Waals surface area contributed by atoms with Crippen molar-refractivity contribution in [3.8, 4) is 0 Å². The first-order valence-electron chi connectivity index (χ1n) is 8.62. The Morgan fingerprint density at radius 2 is 1.81 bits per heavy atom. The molecule has 2 aromatic rings. The van der Waals surface area contributed by atoms with E-state index in [0.29, 0.717) is 22.7 Å². The van der Waals surface area contributed by atoms with Crippen molar-refractivity contribution in [2.24, 2.45) is 14.1 Å². The summed E-state index contributed by atoms with van der Waals surface area (Å²) in [5, 5.41) is 3.05. The van der Waals surface area contributed by atoms with Crippen LogP contribution in [0.1, 0.15) is 37.8 Å². The second-order valence-electron chi connectivity index (χ2n) is 6.80. The number of nitrogens with one attached hydrogen (secondary N) is 1. The van der Waals surface area contributed by atoms with Crippen molar-refractivity contribution in [3.63, 3.8) is 0 Å². The van der Waals surface area contributed by atoms with Gasteiger partial charge >= 0.3 is 11.7 Å². The van der Waals surface area contributed by atoms with E-state index in [-0.39, 0.29) is 6.10 Å². The normalized spacial score (nSPS) is 16.1. The minimum absolute atomic E-state index is 0.305. The predicted octanol–water partition coefficient (Wildman–Crippen LogP) is 1.26. The number of rotatable bonds is 3. The van der Waals surface area contributed by atoms with Crippen LogP contribution in [0.4, 0.5) is 5.82 Å². The van der Waals surface area contributed by atoms with Gasteiger partial charge in [-0.1, -0.05) is 0 Å². The van der Waals surface area contributed by atoms with E-state index in [1.165, 1.54) is 11.6 Å². The molecule has 8 nitrogen and oxygen atoms in total. The van der Waals surface area contributed by atoms with Gasteiger partial charge in [-0.05, 0) is 38.5 Å². The molecule has 3 rings (SSSR count). The fourth-order valence-corrected chi connectivity index (χ4v) is 3.33. The van der Waals surface area contributed by atoms with Crippen molar-refractivity contribution in [3.05, 3.63) is 67.8 Å². The summed E-state index contributed by atoms with van der Waals surface area (Å²) in [4.78, 5) is 42.2. The molecule has 8 heteroatoms. The van der Waals surface area contributed by atoms with E-state index in [1.807, 2.05) is 0 Å². The van der Waals surface area contributed by atoms with Gasteiger partial charge in [0.1, 0.15) is 5.82 Å². The molecule has 0 aromatic carbocycles. The monoisotopic (exact) mass is 370 g/mol. The third-order valence-electron chi connectivity index (χ3n) is 4.59. The Labute approximate surface area is 156 Å². The van der Waals surface area contributed by atoms with Crippen molar-refractivity contribution < 1.29 is 9.53 Å². The topological polar surface area (TPSA) is 95.2 Å². The fourth-order valence-electron chi connectivity index (χ4n) is 3.33. The Hall–Kier alpha value is -3.16. The molecule has 0 spiro atoms. The summed E-state index contributed by atoms with van der Waals surface area (Å²) >= 11 is 0. The second-order valence-corrected chi connectivity index (χ2v) is 6.80. The molecule has 0 radical (unpaired) electrons. The second kappa shape index (κ2) is 6.86. The molecule has 1 aliphatic rings. The fraction of sp³-hybridized carbons (Fsp3) is 0.368. The summed E-state index contributed by atoms with van der Waals surface area (Å²) in [6, 6.07) is 3.50. The molecule has 0 unspecified atom stereocenters. The van der Waals surface area contributed by atoms with Crippen LogP contribution in [0.5, 0.6) is 0 Å². The predicted molar refractivity (Wildman–Crippen MR) is 101 cm³/mol. The average Bonchev–Trinajstić information content (AvgIpc) is 2.63. The Morgan fingerprint density at radius 1 is 1.19 bits per heavy atom. The molecule has 0 bridgehead atoms. The zero-order valence-electron chi connectivity index (χ0n) is 15.9. The van der Waals surface area contributed by atoms with E-state index in [2.05, 4.69) is 10.3 Å². The number of nitrogens with zero attached hydrogens (tertiary/aromatic N) is 3. The molecule has 1 N–H and O–H groups in total. The van der Waals surface area contributed by atoms with Crippen molar-refractivity contribution in [1.82, 2.24) is 14.1 Å². The lowest BCUT2D eigenvalue weighted by molar-refractivity contribution is -0.143. The largest absolute Gasteiger partial charge is 0.460 e. The van der Waals surface area contributed by atoms with Crippen LogP contribution in [0.2, 0.25) is 0 Å². The smallest absolute Gasteiger partial charge is 0.337 e. The minimum atomic E-state index is -0.666. The first kappa shape index (κ1) is 18.6. The van der Waals surface area contributed by atoms with Gasteiger partial charge in [-0.2, -0.15) is 0 Å². The number of ether oxygens (including phenoxy) is 1. The maximum atomic E-state index is 13.0. The third-order valence-corrected chi connectivity index (χ3v) is 4.59. The number of pyridine rings is 1. The van der Waals surface area contributed by atoms with E-state index >= 15 is 0 Å². The number of carbonyl (C=O) groups is 1. The number of hydrogen-bond donors (Lipinski definition) is 1. The van der Waals surface area contributed by atoms with E-state index in [1.54, 1.807) is 52.3 Å². The number of allylic oxidation sites excluding steroid dienone is 1. The summed E-state index contributed by atoms with van der Waals surface area (Å²) in [6.45, 7) is 5.26. The van der Waals surface area contributed by atoms with Gasteiger partial charge in [0.05, 0.1) is 23.2 Å². The van der Waals surface area contributed by atoms with Crippen LogP contribution in [-0.4, -0.2) is 26.2 Å². The maximum absolute atomic E-state index is 13.0. The molecule has 1 atom stereocenters. The van der Waals surface area contributed by atoms with Crippen molar-refractivity contribution in [1.29, 1.82) is 0 Å². The van der Waals surface area contributed by atoms with Gasteiger partial charge in [-0.15, -0.1) is 0 Å². The number of fused-ring (bicyclic) bond motifs is 1. The van der Waals surface area contributed by atoms with Crippen LogP contribution in [-0.2, 0) is 23.6 Å².